The molecule has 1 N–H and O–H groups in total. The maximum absolute atomic E-state index is 11.8. The Morgan fingerprint density at radius 2 is 2.12 bits per heavy atom. The molecule has 0 aromatic rings. The molecular formula is C13H23NO2. The van der Waals surface area contributed by atoms with Gasteiger partial charge in [0, 0.05) is 19.0 Å². The second kappa shape index (κ2) is 4.74. The van der Waals surface area contributed by atoms with Gasteiger partial charge >= 0.3 is 0 Å². The smallest absolute Gasteiger partial charge is 0.222 e. The molecule has 0 radical (unpaired) electrons. The molecule has 2 aliphatic rings. The Kier molecular flexibility index (Phi) is 3.53. The van der Waals surface area contributed by atoms with Crippen LogP contribution in [0.15, 0.2) is 0 Å². The van der Waals surface area contributed by atoms with E-state index >= 15 is 0 Å². The molecule has 16 heavy (non-hydrogen) atoms. The van der Waals surface area contributed by atoms with E-state index in [1.807, 2.05) is 4.90 Å². The summed E-state index contributed by atoms with van der Waals surface area (Å²) in [4.78, 5) is 13.8. The first kappa shape index (κ1) is 11.9. The summed E-state index contributed by atoms with van der Waals surface area (Å²) in [6, 6.07) is 0.291. The van der Waals surface area contributed by atoms with Gasteiger partial charge in [-0.2, -0.15) is 0 Å². The van der Waals surface area contributed by atoms with Crippen LogP contribution < -0.4 is 0 Å². The zero-order valence-electron chi connectivity index (χ0n) is 10.4. The van der Waals surface area contributed by atoms with E-state index in [-0.39, 0.29) is 6.10 Å². The first-order valence-corrected chi connectivity index (χ1v) is 6.57. The topological polar surface area (TPSA) is 40.5 Å². The largest absolute Gasteiger partial charge is 0.393 e. The fourth-order valence-electron chi connectivity index (χ4n) is 3.30. The molecule has 2 rings (SSSR count). The highest BCUT2D eigenvalue weighted by atomic mass is 16.3. The van der Waals surface area contributed by atoms with Crippen LogP contribution in [0, 0.1) is 11.8 Å². The lowest BCUT2D eigenvalue weighted by Crippen LogP contribution is -2.47. The molecule has 3 atom stereocenters. The molecular weight excluding hydrogens is 202 g/mol. The number of rotatable bonds is 2. The van der Waals surface area contributed by atoms with Crippen LogP contribution in [0.4, 0.5) is 0 Å². The molecule has 2 fully saturated rings. The van der Waals surface area contributed by atoms with E-state index in [0.717, 1.165) is 32.2 Å². The number of carbonyl (C=O) groups excluding carboxylic acids is 1. The maximum Gasteiger partial charge on any atom is 0.222 e. The lowest BCUT2D eigenvalue weighted by atomic mass is 9.76. The number of hydrogen-bond donors (Lipinski definition) is 1. The van der Waals surface area contributed by atoms with Gasteiger partial charge in [0.05, 0.1) is 6.10 Å². The van der Waals surface area contributed by atoms with Crippen molar-refractivity contribution in [1.82, 2.24) is 4.90 Å². The Morgan fingerprint density at radius 1 is 1.38 bits per heavy atom. The number of likely N-dealkylation sites (tertiary alicyclic amines) is 1. The lowest BCUT2D eigenvalue weighted by Gasteiger charge is -2.41. The van der Waals surface area contributed by atoms with E-state index in [2.05, 4.69) is 13.8 Å². The van der Waals surface area contributed by atoms with Crippen LogP contribution in [-0.2, 0) is 4.79 Å². The van der Waals surface area contributed by atoms with Crippen molar-refractivity contribution in [3.63, 3.8) is 0 Å². The number of aliphatic hydroxyl groups excluding tert-OH is 1. The van der Waals surface area contributed by atoms with Crippen LogP contribution in [0.3, 0.4) is 0 Å². The highest BCUT2D eigenvalue weighted by Gasteiger charge is 2.38. The first-order valence-electron chi connectivity index (χ1n) is 6.57. The van der Waals surface area contributed by atoms with Gasteiger partial charge in [-0.3, -0.25) is 4.79 Å². The van der Waals surface area contributed by atoms with Crippen molar-refractivity contribution in [1.29, 1.82) is 0 Å². The van der Waals surface area contributed by atoms with Crippen LogP contribution >= 0.6 is 0 Å². The molecule has 1 saturated heterocycles. The van der Waals surface area contributed by atoms with E-state index in [0.29, 0.717) is 30.2 Å². The summed E-state index contributed by atoms with van der Waals surface area (Å²) >= 11 is 0. The Hall–Kier alpha value is -0.570. The van der Waals surface area contributed by atoms with Gasteiger partial charge in [-0.1, -0.05) is 13.8 Å². The van der Waals surface area contributed by atoms with Crippen LogP contribution in [0.25, 0.3) is 0 Å². The fourth-order valence-corrected chi connectivity index (χ4v) is 3.30. The second-order valence-corrected chi connectivity index (χ2v) is 5.63. The van der Waals surface area contributed by atoms with Crippen molar-refractivity contribution in [3.8, 4) is 0 Å². The van der Waals surface area contributed by atoms with Crippen molar-refractivity contribution in [2.45, 2.75) is 58.1 Å². The molecule has 0 aromatic carbocycles. The van der Waals surface area contributed by atoms with Crippen LogP contribution in [0.5, 0.6) is 0 Å². The number of aliphatic hydroxyl groups is 1. The number of amides is 1. The minimum atomic E-state index is -0.201. The standard InChI is InChI=1S/C13H23NO2/c1-9(2)11-6-5-10(15)8-12(11)14-7-3-4-13(14)16/h9-12,15H,3-8H2,1-2H3. The molecule has 1 amide bonds. The van der Waals surface area contributed by atoms with Gasteiger partial charge in [0.2, 0.25) is 5.91 Å². The molecule has 3 heteroatoms. The van der Waals surface area contributed by atoms with E-state index in [4.69, 9.17) is 0 Å². The molecule has 0 spiro atoms. The Bertz CT molecular complexity index is 265. The predicted molar refractivity (Wildman–Crippen MR) is 62.9 cm³/mol. The van der Waals surface area contributed by atoms with Crippen molar-refractivity contribution >= 4 is 5.91 Å². The average Bonchev–Trinajstić information content (AvgIpc) is 2.63. The van der Waals surface area contributed by atoms with Gasteiger partial charge in [0.25, 0.3) is 0 Å². The molecule has 1 aliphatic heterocycles. The number of nitrogens with zero attached hydrogens (tertiary/aromatic N) is 1. The lowest BCUT2D eigenvalue weighted by molar-refractivity contribution is -0.132. The van der Waals surface area contributed by atoms with Crippen LogP contribution in [0.1, 0.15) is 46.0 Å². The summed E-state index contributed by atoms with van der Waals surface area (Å²) in [5.74, 6) is 1.47. The zero-order valence-corrected chi connectivity index (χ0v) is 10.4. The minimum absolute atomic E-state index is 0.201. The predicted octanol–water partition coefficient (Wildman–Crippen LogP) is 1.79. The Labute approximate surface area is 97.8 Å². The van der Waals surface area contributed by atoms with Crippen molar-refractivity contribution in [3.05, 3.63) is 0 Å². The monoisotopic (exact) mass is 225 g/mol. The van der Waals surface area contributed by atoms with E-state index in [1.165, 1.54) is 0 Å². The molecule has 0 bridgehead atoms. The summed E-state index contributed by atoms with van der Waals surface area (Å²) < 4.78 is 0. The number of carbonyl (C=O) groups is 1. The molecule has 0 aromatic heterocycles. The fraction of sp³-hybridized carbons (Fsp3) is 0.923. The van der Waals surface area contributed by atoms with Crippen molar-refractivity contribution < 1.29 is 9.90 Å². The van der Waals surface area contributed by atoms with Gasteiger partial charge in [-0.25, -0.2) is 0 Å². The van der Waals surface area contributed by atoms with Crippen molar-refractivity contribution in [2.75, 3.05) is 6.54 Å². The third-order valence-electron chi connectivity index (χ3n) is 4.21. The molecule has 3 unspecified atom stereocenters. The highest BCUT2D eigenvalue weighted by molar-refractivity contribution is 5.78. The minimum Gasteiger partial charge on any atom is -0.393 e. The summed E-state index contributed by atoms with van der Waals surface area (Å²) in [6.07, 6.45) is 4.25. The molecule has 1 saturated carbocycles. The highest BCUT2D eigenvalue weighted by Crippen LogP contribution is 2.35. The molecule has 3 nitrogen and oxygen atoms in total. The third kappa shape index (κ3) is 2.24. The zero-order chi connectivity index (χ0) is 11.7. The van der Waals surface area contributed by atoms with Gasteiger partial charge in [-0.05, 0) is 37.5 Å². The summed E-state index contributed by atoms with van der Waals surface area (Å²) in [7, 11) is 0. The molecule has 1 aliphatic carbocycles. The van der Waals surface area contributed by atoms with Crippen molar-refractivity contribution in [2.24, 2.45) is 11.8 Å². The quantitative estimate of drug-likeness (QED) is 0.778. The third-order valence-corrected chi connectivity index (χ3v) is 4.21. The van der Waals surface area contributed by atoms with Gasteiger partial charge in [-0.15, -0.1) is 0 Å². The van der Waals surface area contributed by atoms with Gasteiger partial charge in [0.1, 0.15) is 0 Å². The summed E-state index contributed by atoms with van der Waals surface area (Å²) in [6.45, 7) is 5.37. The van der Waals surface area contributed by atoms with Crippen LogP contribution in [-0.4, -0.2) is 34.6 Å². The van der Waals surface area contributed by atoms with Crippen LogP contribution in [0.2, 0.25) is 0 Å². The molecule has 92 valence electrons. The number of hydrogen-bond acceptors (Lipinski definition) is 2. The maximum atomic E-state index is 11.8. The Balaban J connectivity index is 2.10. The molecule has 1 heterocycles. The van der Waals surface area contributed by atoms with E-state index < -0.39 is 0 Å². The van der Waals surface area contributed by atoms with E-state index in [1.54, 1.807) is 0 Å². The van der Waals surface area contributed by atoms with Gasteiger partial charge < -0.3 is 10.0 Å². The SMILES string of the molecule is CC(C)C1CCC(O)CC1N1CCCC1=O. The first-order chi connectivity index (χ1) is 7.59. The average molecular weight is 225 g/mol. The van der Waals surface area contributed by atoms with Gasteiger partial charge in [0.15, 0.2) is 0 Å². The Morgan fingerprint density at radius 3 is 2.69 bits per heavy atom. The normalized spacial score (nSPS) is 36.1. The second-order valence-electron chi connectivity index (χ2n) is 5.63. The summed E-state index contributed by atoms with van der Waals surface area (Å²) in [5.41, 5.74) is 0. The van der Waals surface area contributed by atoms with E-state index in [9.17, 15) is 9.90 Å². The summed E-state index contributed by atoms with van der Waals surface area (Å²) in [5, 5.41) is 9.79.